The van der Waals surface area contributed by atoms with Crippen LogP contribution in [0.5, 0.6) is 0 Å². The minimum absolute atomic E-state index is 0.244. The molecule has 2 atom stereocenters. The first-order valence-corrected chi connectivity index (χ1v) is 4.10. The summed E-state index contributed by atoms with van der Waals surface area (Å²) >= 11 is 0. The molecule has 62 valence electrons. The molecule has 0 aromatic heterocycles. The lowest BCUT2D eigenvalue weighted by Gasteiger charge is -2.11. The van der Waals surface area contributed by atoms with Crippen LogP contribution in [0.1, 0.15) is 40.0 Å². The molecular weight excluding hydrogens is 126 g/mol. The summed E-state index contributed by atoms with van der Waals surface area (Å²) in [4.78, 5) is 0. The Morgan fingerprint density at radius 2 is 1.90 bits per heavy atom. The maximum atomic E-state index is 8.47. The highest BCUT2D eigenvalue weighted by Gasteiger charge is 2.02. The van der Waals surface area contributed by atoms with Crippen LogP contribution in [0.25, 0.3) is 0 Å². The zero-order valence-corrected chi connectivity index (χ0v) is 7.22. The molecule has 2 heteroatoms. The summed E-state index contributed by atoms with van der Waals surface area (Å²) in [6, 6.07) is 0.244. The third-order valence-electron chi connectivity index (χ3n) is 2.01. The number of hydroxylamine groups is 1. The van der Waals surface area contributed by atoms with Crippen LogP contribution < -0.4 is 5.48 Å². The molecule has 0 aliphatic heterocycles. The van der Waals surface area contributed by atoms with Crippen LogP contribution in [0.2, 0.25) is 0 Å². The molecule has 0 aliphatic rings. The van der Waals surface area contributed by atoms with Crippen LogP contribution in [0.4, 0.5) is 0 Å². The van der Waals surface area contributed by atoms with Crippen molar-refractivity contribution in [2.24, 2.45) is 5.92 Å². The molecule has 0 aromatic rings. The SMILES string of the molecule is CCC(C)CCC(C)NO. The van der Waals surface area contributed by atoms with Crippen molar-refractivity contribution in [3.63, 3.8) is 0 Å². The quantitative estimate of drug-likeness (QED) is 0.581. The van der Waals surface area contributed by atoms with Gasteiger partial charge in [-0.25, -0.2) is 5.48 Å². The van der Waals surface area contributed by atoms with E-state index in [1.54, 1.807) is 0 Å². The van der Waals surface area contributed by atoms with Crippen molar-refractivity contribution in [2.75, 3.05) is 0 Å². The summed E-state index contributed by atoms with van der Waals surface area (Å²) < 4.78 is 0. The van der Waals surface area contributed by atoms with E-state index in [1.165, 1.54) is 12.8 Å². The van der Waals surface area contributed by atoms with E-state index in [-0.39, 0.29) is 6.04 Å². The molecule has 0 fully saturated rings. The van der Waals surface area contributed by atoms with Crippen molar-refractivity contribution in [1.82, 2.24) is 5.48 Å². The van der Waals surface area contributed by atoms with Crippen molar-refractivity contribution in [3.05, 3.63) is 0 Å². The lowest BCUT2D eigenvalue weighted by atomic mass is 10.0. The second-order valence-corrected chi connectivity index (χ2v) is 3.12. The van der Waals surface area contributed by atoms with Gasteiger partial charge in [-0.3, -0.25) is 0 Å². The van der Waals surface area contributed by atoms with Gasteiger partial charge in [0.05, 0.1) is 0 Å². The van der Waals surface area contributed by atoms with Gasteiger partial charge in [-0.05, 0) is 25.7 Å². The van der Waals surface area contributed by atoms with E-state index in [0.29, 0.717) is 0 Å². The van der Waals surface area contributed by atoms with E-state index in [0.717, 1.165) is 12.3 Å². The number of rotatable bonds is 5. The molecule has 2 nitrogen and oxygen atoms in total. The monoisotopic (exact) mass is 145 g/mol. The van der Waals surface area contributed by atoms with Gasteiger partial charge in [0.2, 0.25) is 0 Å². The van der Waals surface area contributed by atoms with Crippen molar-refractivity contribution in [3.8, 4) is 0 Å². The minimum atomic E-state index is 0.244. The maximum absolute atomic E-state index is 8.47. The van der Waals surface area contributed by atoms with Gasteiger partial charge in [0.15, 0.2) is 0 Å². The van der Waals surface area contributed by atoms with Gasteiger partial charge in [0.1, 0.15) is 0 Å². The first kappa shape index (κ1) is 9.92. The van der Waals surface area contributed by atoms with Crippen LogP contribution in [-0.4, -0.2) is 11.2 Å². The van der Waals surface area contributed by atoms with Gasteiger partial charge in [-0.2, -0.15) is 0 Å². The summed E-state index contributed by atoms with van der Waals surface area (Å²) in [5, 5.41) is 8.47. The molecule has 0 saturated carbocycles. The Bertz CT molecular complexity index is 65.7. The van der Waals surface area contributed by atoms with Gasteiger partial charge >= 0.3 is 0 Å². The zero-order chi connectivity index (χ0) is 7.98. The predicted octanol–water partition coefficient (Wildman–Crippen LogP) is 2.18. The highest BCUT2D eigenvalue weighted by Crippen LogP contribution is 2.10. The molecular formula is C8H19NO. The van der Waals surface area contributed by atoms with E-state index >= 15 is 0 Å². The molecule has 0 amide bonds. The van der Waals surface area contributed by atoms with E-state index < -0.39 is 0 Å². The average Bonchev–Trinajstić information content (AvgIpc) is 1.99. The second kappa shape index (κ2) is 5.69. The molecule has 0 aromatic carbocycles. The van der Waals surface area contributed by atoms with E-state index in [2.05, 4.69) is 19.3 Å². The van der Waals surface area contributed by atoms with Gasteiger partial charge < -0.3 is 5.21 Å². The van der Waals surface area contributed by atoms with E-state index in [1.807, 2.05) is 6.92 Å². The summed E-state index contributed by atoms with van der Waals surface area (Å²) in [5.74, 6) is 0.788. The second-order valence-electron chi connectivity index (χ2n) is 3.12. The van der Waals surface area contributed by atoms with E-state index in [4.69, 9.17) is 5.21 Å². The number of nitrogens with one attached hydrogen (secondary N) is 1. The molecule has 0 rings (SSSR count). The number of hydrogen-bond acceptors (Lipinski definition) is 2. The fourth-order valence-corrected chi connectivity index (χ4v) is 0.803. The van der Waals surface area contributed by atoms with Gasteiger partial charge in [-0.15, -0.1) is 0 Å². The zero-order valence-electron chi connectivity index (χ0n) is 7.22. The van der Waals surface area contributed by atoms with Crippen molar-refractivity contribution in [2.45, 2.75) is 46.1 Å². The fourth-order valence-electron chi connectivity index (χ4n) is 0.803. The molecule has 0 aliphatic carbocycles. The summed E-state index contributed by atoms with van der Waals surface area (Å²) in [6.07, 6.45) is 3.49. The van der Waals surface area contributed by atoms with Crippen LogP contribution in [-0.2, 0) is 0 Å². The lowest BCUT2D eigenvalue weighted by Crippen LogP contribution is -2.22. The fraction of sp³-hybridized carbons (Fsp3) is 1.00. The molecule has 10 heavy (non-hydrogen) atoms. The third kappa shape index (κ3) is 4.77. The van der Waals surface area contributed by atoms with Gasteiger partial charge in [0.25, 0.3) is 0 Å². The number of hydrogen-bond donors (Lipinski definition) is 2. The molecule has 0 heterocycles. The standard InChI is InChI=1S/C8H19NO/c1-4-7(2)5-6-8(3)9-10/h7-10H,4-6H2,1-3H3. The van der Waals surface area contributed by atoms with Crippen molar-refractivity contribution < 1.29 is 5.21 Å². The highest BCUT2D eigenvalue weighted by atomic mass is 16.5. The summed E-state index contributed by atoms with van der Waals surface area (Å²) in [7, 11) is 0. The van der Waals surface area contributed by atoms with Crippen LogP contribution in [0, 0.1) is 5.92 Å². The Kier molecular flexibility index (Phi) is 5.64. The van der Waals surface area contributed by atoms with Gasteiger partial charge in [-0.1, -0.05) is 20.3 Å². The normalized spacial score (nSPS) is 16.8. The van der Waals surface area contributed by atoms with Crippen LogP contribution in [0.15, 0.2) is 0 Å². The first-order valence-electron chi connectivity index (χ1n) is 4.10. The summed E-state index contributed by atoms with van der Waals surface area (Å²) in [6.45, 7) is 6.42. The van der Waals surface area contributed by atoms with Crippen LogP contribution >= 0.6 is 0 Å². The van der Waals surface area contributed by atoms with Crippen LogP contribution in [0.3, 0.4) is 0 Å². The Labute approximate surface area is 63.6 Å². The molecule has 0 saturated heterocycles. The smallest absolute Gasteiger partial charge is 0.0291 e. The first-order chi connectivity index (χ1) is 4.70. The Balaban J connectivity index is 3.17. The maximum Gasteiger partial charge on any atom is 0.0291 e. The van der Waals surface area contributed by atoms with E-state index in [9.17, 15) is 0 Å². The molecule has 0 radical (unpaired) electrons. The minimum Gasteiger partial charge on any atom is -0.317 e. The predicted molar refractivity (Wildman–Crippen MR) is 43.1 cm³/mol. The topological polar surface area (TPSA) is 32.3 Å². The highest BCUT2D eigenvalue weighted by molar-refractivity contribution is 4.57. The Morgan fingerprint density at radius 3 is 2.30 bits per heavy atom. The average molecular weight is 145 g/mol. The van der Waals surface area contributed by atoms with Gasteiger partial charge in [0, 0.05) is 6.04 Å². The molecule has 0 spiro atoms. The molecule has 0 bridgehead atoms. The molecule has 2 N–H and O–H groups in total. The summed E-state index contributed by atoms with van der Waals surface area (Å²) in [5.41, 5.74) is 2.24. The third-order valence-corrected chi connectivity index (χ3v) is 2.01. The lowest BCUT2D eigenvalue weighted by molar-refractivity contribution is 0.126. The Hall–Kier alpha value is -0.0800. The largest absolute Gasteiger partial charge is 0.317 e. The molecule has 2 unspecified atom stereocenters. The van der Waals surface area contributed by atoms with Crippen molar-refractivity contribution in [1.29, 1.82) is 0 Å². The Morgan fingerprint density at radius 1 is 1.30 bits per heavy atom. The van der Waals surface area contributed by atoms with Crippen molar-refractivity contribution >= 4 is 0 Å².